The molecule has 0 unspecified atom stereocenters. The lowest BCUT2D eigenvalue weighted by Crippen LogP contribution is -2.51. The van der Waals surface area contributed by atoms with Crippen molar-refractivity contribution in [2.45, 2.75) is 25.5 Å². The maximum absolute atomic E-state index is 12.7. The van der Waals surface area contributed by atoms with Gasteiger partial charge in [0.25, 0.3) is 11.8 Å². The van der Waals surface area contributed by atoms with E-state index >= 15 is 0 Å². The van der Waals surface area contributed by atoms with Gasteiger partial charge in [-0.05, 0) is 36.2 Å². The molecule has 2 amide bonds. The molecule has 1 aliphatic heterocycles. The second-order valence-corrected chi connectivity index (χ2v) is 7.79. The summed E-state index contributed by atoms with van der Waals surface area (Å²) in [6.07, 6.45) is 3.07. The Balaban J connectivity index is 1.48. The van der Waals surface area contributed by atoms with Crippen LogP contribution in [0.15, 0.2) is 48.7 Å². The number of nitrogens with zero attached hydrogens (tertiary/aromatic N) is 2. The fourth-order valence-corrected chi connectivity index (χ4v) is 4.03. The molecule has 1 saturated heterocycles. The first-order chi connectivity index (χ1) is 15.6. The average Bonchev–Trinajstić information content (AvgIpc) is 3.16. The Hall–Kier alpha value is -3.27. The van der Waals surface area contributed by atoms with Crippen LogP contribution in [0.2, 0.25) is 0 Å². The maximum Gasteiger partial charge on any atom is 0.251 e. The van der Waals surface area contributed by atoms with Gasteiger partial charge in [0.1, 0.15) is 0 Å². The largest absolute Gasteiger partial charge is 0.380 e. The third-order valence-electron chi connectivity index (χ3n) is 5.72. The number of amides is 2. The molecule has 0 bridgehead atoms. The highest BCUT2D eigenvalue weighted by atomic mass is 16.5. The zero-order chi connectivity index (χ0) is 22.5. The molecule has 9 nitrogen and oxygen atoms in total. The van der Waals surface area contributed by atoms with E-state index in [1.807, 2.05) is 41.0 Å². The number of hydrogen-bond acceptors (Lipinski definition) is 6. The van der Waals surface area contributed by atoms with Gasteiger partial charge in [-0.1, -0.05) is 18.2 Å². The molecule has 32 heavy (non-hydrogen) atoms. The molecule has 4 rings (SSSR count). The molecule has 0 spiro atoms. The minimum absolute atomic E-state index is 0.153. The summed E-state index contributed by atoms with van der Waals surface area (Å²) in [6.45, 7) is 1.02. The number of benzene rings is 1. The smallest absolute Gasteiger partial charge is 0.251 e. The van der Waals surface area contributed by atoms with Gasteiger partial charge < -0.3 is 14.8 Å². The van der Waals surface area contributed by atoms with Crippen LogP contribution in [0.25, 0.3) is 5.52 Å². The predicted molar refractivity (Wildman–Crippen MR) is 115 cm³/mol. The normalized spacial score (nSPS) is 18.4. The molecule has 3 N–H and O–H groups in total. The summed E-state index contributed by atoms with van der Waals surface area (Å²) >= 11 is 0. The Labute approximate surface area is 185 Å². The number of carbonyl (C=O) groups excluding carboxylic acids is 2. The van der Waals surface area contributed by atoms with Crippen molar-refractivity contribution in [2.24, 2.45) is 5.92 Å². The van der Waals surface area contributed by atoms with Gasteiger partial charge in [-0.2, -0.15) is 5.10 Å². The van der Waals surface area contributed by atoms with Crippen LogP contribution < -0.4 is 10.8 Å². The molecule has 9 heteroatoms. The van der Waals surface area contributed by atoms with Gasteiger partial charge in [-0.25, -0.2) is 10.00 Å². The van der Waals surface area contributed by atoms with Gasteiger partial charge >= 0.3 is 0 Å². The van der Waals surface area contributed by atoms with Crippen LogP contribution in [-0.2, 0) is 27.3 Å². The molecule has 0 saturated carbocycles. The first-order valence-electron chi connectivity index (χ1n) is 10.5. The number of hydroxylamine groups is 1. The van der Waals surface area contributed by atoms with Crippen LogP contribution in [0.4, 0.5) is 0 Å². The number of nitrogens with one attached hydrogen (secondary N) is 2. The van der Waals surface area contributed by atoms with Crippen molar-refractivity contribution in [3.05, 3.63) is 71.0 Å². The van der Waals surface area contributed by atoms with Gasteiger partial charge in [0, 0.05) is 43.5 Å². The number of ether oxygens (including phenoxy) is 2. The van der Waals surface area contributed by atoms with Crippen LogP contribution >= 0.6 is 0 Å². The van der Waals surface area contributed by atoms with Crippen LogP contribution in [0.3, 0.4) is 0 Å². The van der Waals surface area contributed by atoms with E-state index in [1.165, 1.54) is 0 Å². The Kier molecular flexibility index (Phi) is 6.79. The molecule has 168 valence electrons. The average molecular weight is 438 g/mol. The lowest BCUT2D eigenvalue weighted by atomic mass is 9.94. The molecule has 0 radical (unpaired) electrons. The first kappa shape index (κ1) is 21.9. The molecule has 2 aromatic heterocycles. The van der Waals surface area contributed by atoms with E-state index in [0.29, 0.717) is 31.6 Å². The van der Waals surface area contributed by atoms with E-state index in [1.54, 1.807) is 24.7 Å². The first-order valence-corrected chi connectivity index (χ1v) is 10.5. The third-order valence-corrected chi connectivity index (χ3v) is 5.72. The number of hydrogen-bond donors (Lipinski definition) is 3. The summed E-state index contributed by atoms with van der Waals surface area (Å²) in [5, 5.41) is 16.4. The van der Waals surface area contributed by atoms with Gasteiger partial charge in [-0.15, -0.1) is 0 Å². The molecule has 3 heterocycles. The summed E-state index contributed by atoms with van der Waals surface area (Å²) < 4.78 is 12.5. The molecule has 3 aromatic rings. The van der Waals surface area contributed by atoms with Crippen LogP contribution in [0, 0.1) is 5.92 Å². The Morgan fingerprint density at radius 3 is 2.81 bits per heavy atom. The molecule has 0 aliphatic carbocycles. The Morgan fingerprint density at radius 2 is 2.06 bits per heavy atom. The van der Waals surface area contributed by atoms with Crippen molar-refractivity contribution in [1.29, 1.82) is 0 Å². The second kappa shape index (κ2) is 9.90. The zero-order valence-corrected chi connectivity index (χ0v) is 17.8. The number of pyridine rings is 1. The van der Waals surface area contributed by atoms with E-state index in [0.717, 1.165) is 22.3 Å². The number of rotatable bonds is 7. The van der Waals surface area contributed by atoms with E-state index in [-0.39, 0.29) is 12.5 Å². The molecule has 1 aromatic carbocycles. The lowest BCUT2D eigenvalue weighted by molar-refractivity contribution is -0.138. The topological polar surface area (TPSA) is 114 Å². The summed E-state index contributed by atoms with van der Waals surface area (Å²) in [7, 11) is 1.65. The molecule has 1 aliphatic rings. The lowest BCUT2D eigenvalue weighted by Gasteiger charge is -2.30. The van der Waals surface area contributed by atoms with Gasteiger partial charge in [-0.3, -0.25) is 14.8 Å². The molecule has 1 fully saturated rings. The second-order valence-electron chi connectivity index (χ2n) is 7.79. The minimum atomic E-state index is -0.633. The summed E-state index contributed by atoms with van der Waals surface area (Å²) in [6, 6.07) is 12.9. The van der Waals surface area contributed by atoms with Gasteiger partial charge in [0.05, 0.1) is 30.3 Å². The Morgan fingerprint density at radius 1 is 1.25 bits per heavy atom. The van der Waals surface area contributed by atoms with Crippen molar-refractivity contribution in [3.63, 3.8) is 0 Å². The van der Waals surface area contributed by atoms with Crippen LogP contribution in [0.1, 0.15) is 33.6 Å². The summed E-state index contributed by atoms with van der Waals surface area (Å²) in [5.41, 5.74) is 6.18. The van der Waals surface area contributed by atoms with Crippen molar-refractivity contribution >= 4 is 17.3 Å². The maximum atomic E-state index is 12.7. The SMILES string of the molecule is COCc1nn2ccccc2c1Cc1ccc(C(=O)N[C@@H]2CCOC[C@@H]2C(=O)NO)cc1. The predicted octanol–water partition coefficient (Wildman–Crippen LogP) is 1.71. The van der Waals surface area contributed by atoms with Gasteiger partial charge in [0.2, 0.25) is 0 Å². The van der Waals surface area contributed by atoms with Crippen molar-refractivity contribution in [1.82, 2.24) is 20.4 Å². The number of carbonyl (C=O) groups is 2. The molecular formula is C23H26N4O5. The zero-order valence-electron chi connectivity index (χ0n) is 17.8. The Bertz CT molecular complexity index is 1100. The summed E-state index contributed by atoms with van der Waals surface area (Å²) in [4.78, 5) is 24.6. The molecular weight excluding hydrogens is 412 g/mol. The van der Waals surface area contributed by atoms with E-state index in [4.69, 9.17) is 14.7 Å². The third kappa shape index (κ3) is 4.64. The standard InChI is InChI=1S/C23H26N4O5/c1-31-14-20-17(21-4-2-3-10-27(21)25-20)12-15-5-7-16(8-6-15)22(28)24-19-9-11-32-13-18(19)23(29)26-30/h2-8,10,18-19,30H,9,11-14H2,1H3,(H,24,28)(H,26,29)/t18-,19+/m0/s1. The highest BCUT2D eigenvalue weighted by Crippen LogP contribution is 2.21. The van der Waals surface area contributed by atoms with E-state index in [9.17, 15) is 9.59 Å². The van der Waals surface area contributed by atoms with E-state index < -0.39 is 17.9 Å². The van der Waals surface area contributed by atoms with Gasteiger partial charge in [0.15, 0.2) is 0 Å². The summed E-state index contributed by atoms with van der Waals surface area (Å²) in [5.74, 6) is -1.47. The van der Waals surface area contributed by atoms with E-state index in [2.05, 4.69) is 10.4 Å². The fraction of sp³-hybridized carbons (Fsp3) is 0.348. The number of aromatic nitrogens is 2. The highest BCUT2D eigenvalue weighted by Gasteiger charge is 2.32. The monoisotopic (exact) mass is 438 g/mol. The highest BCUT2D eigenvalue weighted by molar-refractivity contribution is 5.95. The van der Waals surface area contributed by atoms with Crippen LogP contribution in [0.5, 0.6) is 0 Å². The molecule has 2 atom stereocenters. The number of fused-ring (bicyclic) bond motifs is 1. The minimum Gasteiger partial charge on any atom is -0.380 e. The quantitative estimate of drug-likeness (QED) is 0.382. The van der Waals surface area contributed by atoms with Crippen molar-refractivity contribution in [3.8, 4) is 0 Å². The van der Waals surface area contributed by atoms with Crippen molar-refractivity contribution in [2.75, 3.05) is 20.3 Å². The fourth-order valence-electron chi connectivity index (χ4n) is 4.03. The number of methoxy groups -OCH3 is 1. The van der Waals surface area contributed by atoms with Crippen LogP contribution in [-0.4, -0.2) is 53.0 Å². The van der Waals surface area contributed by atoms with Crippen molar-refractivity contribution < 1.29 is 24.3 Å².